The highest BCUT2D eigenvalue weighted by Crippen LogP contribution is 2.22. The minimum Gasteiger partial charge on any atom is -0.480 e. The van der Waals surface area contributed by atoms with Crippen LogP contribution in [0, 0.1) is 0 Å². The molecule has 0 aliphatic carbocycles. The zero-order chi connectivity index (χ0) is 23.3. The Labute approximate surface area is 189 Å². The molecule has 180 valence electrons. The van der Waals surface area contributed by atoms with Crippen LogP contribution < -0.4 is 5.32 Å². The Balaban J connectivity index is 1.49. The molecule has 2 atom stereocenters. The van der Waals surface area contributed by atoms with E-state index in [4.69, 9.17) is 4.74 Å². The molecule has 2 N–H and O–H groups in total. The number of nitrogens with one attached hydrogen (secondary N) is 1. The second kappa shape index (κ2) is 13.8. The average Bonchev–Trinajstić information content (AvgIpc) is 3.43. The van der Waals surface area contributed by atoms with Crippen molar-refractivity contribution < 1.29 is 24.2 Å². The standard InChI is InChI=1S/C22H37N5O5/c1-3-20(28)23-14-17-15-26(25-24-17)12-10-8-6-4-5-7-9-11-21(29)27-16-18(32-2)13-19(27)22(30)31/h15,18-19H,3-14,16H2,1-2H3,(H,23,28)(H,30,31)/t18-,19+/m1/s1. The lowest BCUT2D eigenvalue weighted by molar-refractivity contribution is -0.148. The van der Waals surface area contributed by atoms with Gasteiger partial charge in [0.2, 0.25) is 11.8 Å². The van der Waals surface area contributed by atoms with Crippen molar-refractivity contribution >= 4 is 17.8 Å². The summed E-state index contributed by atoms with van der Waals surface area (Å²) in [7, 11) is 1.55. The summed E-state index contributed by atoms with van der Waals surface area (Å²) in [6, 6.07) is -0.761. The van der Waals surface area contributed by atoms with Gasteiger partial charge in [0, 0.05) is 39.5 Å². The van der Waals surface area contributed by atoms with Gasteiger partial charge in [-0.1, -0.05) is 44.2 Å². The Kier molecular flexibility index (Phi) is 11.1. The van der Waals surface area contributed by atoms with Crippen molar-refractivity contribution in [1.82, 2.24) is 25.2 Å². The third-order valence-corrected chi connectivity index (χ3v) is 5.85. The molecule has 0 bridgehead atoms. The van der Waals surface area contributed by atoms with Crippen molar-refractivity contribution in [3.63, 3.8) is 0 Å². The predicted octanol–water partition coefficient (Wildman–Crippen LogP) is 2.13. The van der Waals surface area contributed by atoms with E-state index in [0.29, 0.717) is 32.4 Å². The largest absolute Gasteiger partial charge is 0.480 e. The molecule has 0 aromatic carbocycles. The number of unbranched alkanes of at least 4 members (excludes halogenated alkanes) is 6. The van der Waals surface area contributed by atoms with E-state index in [1.165, 1.54) is 4.90 Å². The first-order valence-corrected chi connectivity index (χ1v) is 11.6. The number of aryl methyl sites for hydroxylation is 1. The molecule has 10 nitrogen and oxygen atoms in total. The summed E-state index contributed by atoms with van der Waals surface area (Å²) >= 11 is 0. The van der Waals surface area contributed by atoms with Gasteiger partial charge in [-0.25, -0.2) is 4.79 Å². The fourth-order valence-corrected chi connectivity index (χ4v) is 3.90. The third kappa shape index (κ3) is 8.57. The van der Waals surface area contributed by atoms with E-state index in [2.05, 4.69) is 15.6 Å². The molecule has 0 spiro atoms. The Morgan fingerprint density at radius 1 is 1.16 bits per heavy atom. The minimum absolute atomic E-state index is 0.00384. The Bertz CT molecular complexity index is 738. The summed E-state index contributed by atoms with van der Waals surface area (Å²) < 4.78 is 7.05. The number of carbonyl (C=O) groups excluding carboxylic acids is 2. The van der Waals surface area contributed by atoms with Crippen LogP contribution in [0.3, 0.4) is 0 Å². The number of aromatic nitrogens is 3. The molecule has 1 aromatic heterocycles. The number of carboxylic acid groups (broad SMARTS) is 1. The van der Waals surface area contributed by atoms with E-state index >= 15 is 0 Å². The normalized spacial score (nSPS) is 18.1. The number of amides is 2. The molecule has 2 heterocycles. The number of hydrogen-bond donors (Lipinski definition) is 2. The van der Waals surface area contributed by atoms with Gasteiger partial charge in [0.15, 0.2) is 0 Å². The molecule has 0 saturated carbocycles. The maximum Gasteiger partial charge on any atom is 0.326 e. The van der Waals surface area contributed by atoms with Crippen molar-refractivity contribution in [3.8, 4) is 0 Å². The first-order chi connectivity index (χ1) is 15.4. The van der Waals surface area contributed by atoms with E-state index in [9.17, 15) is 19.5 Å². The number of rotatable bonds is 15. The van der Waals surface area contributed by atoms with E-state index in [0.717, 1.165) is 57.2 Å². The first-order valence-electron chi connectivity index (χ1n) is 11.6. The summed E-state index contributed by atoms with van der Waals surface area (Å²) in [6.45, 7) is 3.41. The number of hydrogen-bond acceptors (Lipinski definition) is 6. The minimum atomic E-state index is -0.955. The van der Waals surface area contributed by atoms with Gasteiger partial charge >= 0.3 is 5.97 Å². The molecule has 1 fully saturated rings. The number of carboxylic acids is 1. The van der Waals surface area contributed by atoms with Crippen molar-refractivity contribution in [1.29, 1.82) is 0 Å². The van der Waals surface area contributed by atoms with Crippen LogP contribution in [0.2, 0.25) is 0 Å². The molecule has 1 saturated heterocycles. The lowest BCUT2D eigenvalue weighted by atomic mass is 10.1. The van der Waals surface area contributed by atoms with E-state index in [1.54, 1.807) is 7.11 Å². The lowest BCUT2D eigenvalue weighted by Gasteiger charge is -2.21. The topological polar surface area (TPSA) is 127 Å². The van der Waals surface area contributed by atoms with Gasteiger partial charge in [0.1, 0.15) is 11.7 Å². The molecule has 32 heavy (non-hydrogen) atoms. The van der Waals surface area contributed by atoms with Crippen LogP contribution in [0.25, 0.3) is 0 Å². The van der Waals surface area contributed by atoms with Crippen molar-refractivity contribution in [2.75, 3.05) is 13.7 Å². The van der Waals surface area contributed by atoms with E-state index < -0.39 is 12.0 Å². The molecule has 1 aliphatic heterocycles. The van der Waals surface area contributed by atoms with Gasteiger partial charge in [-0.2, -0.15) is 0 Å². The average molecular weight is 452 g/mol. The van der Waals surface area contributed by atoms with Crippen molar-refractivity contribution in [2.24, 2.45) is 0 Å². The molecule has 1 aliphatic rings. The van der Waals surface area contributed by atoms with Crippen LogP contribution in [-0.4, -0.2) is 68.6 Å². The Hall–Kier alpha value is -2.49. The second-order valence-electron chi connectivity index (χ2n) is 8.32. The molecular weight excluding hydrogens is 414 g/mol. The summed E-state index contributed by atoms with van der Waals surface area (Å²) in [4.78, 5) is 36.5. The maximum absolute atomic E-state index is 12.4. The highest BCUT2D eigenvalue weighted by Gasteiger charge is 2.39. The Morgan fingerprint density at radius 3 is 2.50 bits per heavy atom. The van der Waals surface area contributed by atoms with Gasteiger partial charge in [-0.3, -0.25) is 14.3 Å². The SMILES string of the molecule is CCC(=O)NCc1cn(CCCCCCCCCC(=O)N2C[C@H](OC)C[C@H]2C(=O)O)nn1. The third-order valence-electron chi connectivity index (χ3n) is 5.85. The molecule has 1 aromatic rings. The van der Waals surface area contributed by atoms with Crippen LogP contribution in [0.1, 0.15) is 76.8 Å². The molecular formula is C22H37N5O5. The fourth-order valence-electron chi connectivity index (χ4n) is 3.90. The van der Waals surface area contributed by atoms with Gasteiger partial charge in [0.05, 0.1) is 18.8 Å². The van der Waals surface area contributed by atoms with Crippen molar-refractivity contribution in [2.45, 2.75) is 96.4 Å². The second-order valence-corrected chi connectivity index (χ2v) is 8.32. The molecule has 10 heteroatoms. The maximum atomic E-state index is 12.4. The summed E-state index contributed by atoms with van der Waals surface area (Å²) in [5, 5.41) is 20.3. The molecule has 2 amide bonds. The van der Waals surface area contributed by atoms with E-state index in [-0.39, 0.29) is 17.9 Å². The van der Waals surface area contributed by atoms with Crippen LogP contribution >= 0.6 is 0 Å². The Morgan fingerprint density at radius 2 is 1.84 bits per heavy atom. The fraction of sp³-hybridized carbons (Fsp3) is 0.773. The molecule has 0 unspecified atom stereocenters. The van der Waals surface area contributed by atoms with Crippen molar-refractivity contribution in [3.05, 3.63) is 11.9 Å². The highest BCUT2D eigenvalue weighted by molar-refractivity contribution is 5.84. The summed E-state index contributed by atoms with van der Waals surface area (Å²) in [5.74, 6) is -1.04. The van der Waals surface area contributed by atoms with Gasteiger partial charge < -0.3 is 20.1 Å². The quantitative estimate of drug-likeness (QED) is 0.391. The highest BCUT2D eigenvalue weighted by atomic mass is 16.5. The predicted molar refractivity (Wildman–Crippen MR) is 118 cm³/mol. The zero-order valence-electron chi connectivity index (χ0n) is 19.3. The van der Waals surface area contributed by atoms with E-state index in [1.807, 2.05) is 17.8 Å². The monoisotopic (exact) mass is 451 g/mol. The van der Waals surface area contributed by atoms with Crippen LogP contribution in [0.4, 0.5) is 0 Å². The summed E-state index contributed by atoms with van der Waals surface area (Å²) in [6.07, 6.45) is 10.1. The number of methoxy groups -OCH3 is 1. The molecule has 2 rings (SSSR count). The van der Waals surface area contributed by atoms with Gasteiger partial charge in [-0.15, -0.1) is 5.10 Å². The number of likely N-dealkylation sites (tertiary alicyclic amines) is 1. The van der Waals surface area contributed by atoms with Crippen LogP contribution in [0.15, 0.2) is 6.20 Å². The number of aliphatic carboxylic acids is 1. The zero-order valence-corrected chi connectivity index (χ0v) is 19.3. The van der Waals surface area contributed by atoms with Gasteiger partial charge in [-0.05, 0) is 12.8 Å². The molecule has 0 radical (unpaired) electrons. The number of ether oxygens (including phenoxy) is 1. The lowest BCUT2D eigenvalue weighted by Crippen LogP contribution is -2.40. The number of carbonyl (C=O) groups is 3. The van der Waals surface area contributed by atoms with Gasteiger partial charge in [0.25, 0.3) is 0 Å². The smallest absolute Gasteiger partial charge is 0.326 e. The summed E-state index contributed by atoms with van der Waals surface area (Å²) in [5.41, 5.74) is 0.766. The first kappa shape index (κ1) is 25.8. The van der Waals surface area contributed by atoms with Crippen LogP contribution in [0.5, 0.6) is 0 Å². The van der Waals surface area contributed by atoms with Crippen LogP contribution in [-0.2, 0) is 32.2 Å². The number of nitrogens with zero attached hydrogens (tertiary/aromatic N) is 4.